The number of benzene rings is 1. The molecule has 2 N–H and O–H groups in total. The Bertz CT molecular complexity index is 387. The van der Waals surface area contributed by atoms with Crippen LogP contribution in [-0.4, -0.2) is 57.4 Å². The maximum absolute atomic E-state index is 12.9. The van der Waals surface area contributed by atoms with Crippen LogP contribution in [0.2, 0.25) is 0 Å². The molecule has 1 aromatic rings. The average molecular weight is 281 g/mol. The van der Waals surface area contributed by atoms with Gasteiger partial charge >= 0.3 is 0 Å². The van der Waals surface area contributed by atoms with Crippen molar-refractivity contribution in [1.29, 1.82) is 0 Å². The van der Waals surface area contributed by atoms with Crippen LogP contribution in [0.4, 0.5) is 10.1 Å². The Kier molecular flexibility index (Phi) is 5.76. The summed E-state index contributed by atoms with van der Waals surface area (Å²) in [5.41, 5.74) is 6.73. The van der Waals surface area contributed by atoms with Crippen LogP contribution in [0.15, 0.2) is 24.3 Å². The van der Waals surface area contributed by atoms with Gasteiger partial charge in [-0.05, 0) is 30.7 Å². The molecule has 0 radical (unpaired) electrons. The van der Waals surface area contributed by atoms with E-state index in [-0.39, 0.29) is 11.9 Å². The third-order valence-electron chi connectivity index (χ3n) is 3.93. The minimum absolute atomic E-state index is 0.158. The van der Waals surface area contributed by atoms with Crippen molar-refractivity contribution < 1.29 is 9.13 Å². The molecule has 5 heteroatoms. The highest BCUT2D eigenvalue weighted by Gasteiger charge is 2.18. The number of ether oxygens (including phenoxy) is 1. The van der Waals surface area contributed by atoms with E-state index in [1.54, 1.807) is 7.11 Å². The summed E-state index contributed by atoms with van der Waals surface area (Å²) in [6.07, 6.45) is 1.13. The summed E-state index contributed by atoms with van der Waals surface area (Å²) < 4.78 is 18.2. The normalized spacial score (nSPS) is 18.2. The molecule has 112 valence electrons. The molecule has 0 aromatic heterocycles. The molecule has 1 aromatic carbocycles. The first kappa shape index (κ1) is 15.2. The van der Waals surface area contributed by atoms with Crippen molar-refractivity contribution in [3.63, 3.8) is 0 Å². The van der Waals surface area contributed by atoms with Gasteiger partial charge in [-0.2, -0.15) is 0 Å². The molecule has 1 aliphatic rings. The SMILES string of the molecule is COC(CN)CCN1CCN(c2ccc(F)cc2)CC1. The molecule has 1 heterocycles. The molecule has 2 rings (SSSR count). The standard InChI is InChI=1S/C15H24FN3O/c1-20-15(12-17)6-7-18-8-10-19(11-9-18)14-4-2-13(16)3-5-14/h2-5,15H,6-12,17H2,1H3. The summed E-state index contributed by atoms with van der Waals surface area (Å²) in [5.74, 6) is -0.181. The van der Waals surface area contributed by atoms with E-state index in [0.29, 0.717) is 6.54 Å². The second-order valence-electron chi connectivity index (χ2n) is 5.19. The number of hydrogen-bond acceptors (Lipinski definition) is 4. The average Bonchev–Trinajstić information content (AvgIpc) is 2.50. The Morgan fingerprint density at radius 1 is 1.20 bits per heavy atom. The maximum atomic E-state index is 12.9. The molecule has 1 aliphatic heterocycles. The molecule has 4 nitrogen and oxygen atoms in total. The van der Waals surface area contributed by atoms with Gasteiger partial charge in [0.1, 0.15) is 5.82 Å². The fourth-order valence-corrected chi connectivity index (χ4v) is 2.54. The second kappa shape index (κ2) is 7.57. The molecule has 1 fully saturated rings. The van der Waals surface area contributed by atoms with Crippen LogP contribution in [0.3, 0.4) is 0 Å². The largest absolute Gasteiger partial charge is 0.380 e. The van der Waals surface area contributed by atoms with Crippen molar-refractivity contribution in [3.05, 3.63) is 30.1 Å². The zero-order chi connectivity index (χ0) is 14.4. The Balaban J connectivity index is 1.76. The van der Waals surface area contributed by atoms with Gasteiger partial charge < -0.3 is 15.4 Å². The first-order chi connectivity index (χ1) is 9.72. The third-order valence-corrected chi connectivity index (χ3v) is 3.93. The van der Waals surface area contributed by atoms with E-state index >= 15 is 0 Å². The van der Waals surface area contributed by atoms with Gasteiger partial charge in [0.2, 0.25) is 0 Å². The molecular weight excluding hydrogens is 257 g/mol. The summed E-state index contributed by atoms with van der Waals surface area (Å²) in [6, 6.07) is 6.74. The van der Waals surface area contributed by atoms with Crippen LogP contribution < -0.4 is 10.6 Å². The van der Waals surface area contributed by atoms with Gasteiger partial charge in [0, 0.05) is 52.1 Å². The Morgan fingerprint density at radius 3 is 2.40 bits per heavy atom. The smallest absolute Gasteiger partial charge is 0.123 e. The lowest BCUT2D eigenvalue weighted by Crippen LogP contribution is -2.47. The van der Waals surface area contributed by atoms with E-state index in [9.17, 15) is 4.39 Å². The summed E-state index contributed by atoms with van der Waals surface area (Å²) in [7, 11) is 1.71. The summed E-state index contributed by atoms with van der Waals surface area (Å²) in [4.78, 5) is 4.73. The van der Waals surface area contributed by atoms with Crippen LogP contribution in [0.5, 0.6) is 0 Å². The molecule has 20 heavy (non-hydrogen) atoms. The summed E-state index contributed by atoms with van der Waals surface area (Å²) in [6.45, 7) is 5.60. The van der Waals surface area contributed by atoms with Gasteiger partial charge in [0.25, 0.3) is 0 Å². The predicted octanol–water partition coefficient (Wildman–Crippen LogP) is 1.31. The molecule has 1 atom stereocenters. The minimum Gasteiger partial charge on any atom is -0.380 e. The number of rotatable bonds is 6. The fourth-order valence-electron chi connectivity index (χ4n) is 2.54. The van der Waals surface area contributed by atoms with Crippen molar-refractivity contribution in [2.75, 3.05) is 51.3 Å². The number of anilines is 1. The van der Waals surface area contributed by atoms with E-state index in [1.807, 2.05) is 12.1 Å². The number of methoxy groups -OCH3 is 1. The van der Waals surface area contributed by atoms with Crippen molar-refractivity contribution in [2.45, 2.75) is 12.5 Å². The van der Waals surface area contributed by atoms with Gasteiger partial charge in [-0.15, -0.1) is 0 Å². The Hall–Kier alpha value is -1.17. The Labute approximate surface area is 120 Å². The molecule has 1 unspecified atom stereocenters. The van der Waals surface area contributed by atoms with Crippen LogP contribution >= 0.6 is 0 Å². The fraction of sp³-hybridized carbons (Fsp3) is 0.600. The van der Waals surface area contributed by atoms with Crippen LogP contribution in [0, 0.1) is 5.82 Å². The van der Waals surface area contributed by atoms with E-state index in [0.717, 1.165) is 44.8 Å². The second-order valence-corrected chi connectivity index (χ2v) is 5.19. The molecule has 0 spiro atoms. The van der Waals surface area contributed by atoms with E-state index < -0.39 is 0 Å². The predicted molar refractivity (Wildman–Crippen MR) is 79.5 cm³/mol. The molecule has 0 saturated carbocycles. The molecular formula is C15H24FN3O. The summed E-state index contributed by atoms with van der Waals surface area (Å²) >= 11 is 0. The highest BCUT2D eigenvalue weighted by molar-refractivity contribution is 5.46. The number of nitrogens with two attached hydrogens (primary N) is 1. The highest BCUT2D eigenvalue weighted by atomic mass is 19.1. The molecule has 0 amide bonds. The zero-order valence-corrected chi connectivity index (χ0v) is 12.1. The van der Waals surface area contributed by atoms with Crippen molar-refractivity contribution >= 4 is 5.69 Å². The van der Waals surface area contributed by atoms with Crippen molar-refractivity contribution in [1.82, 2.24) is 4.90 Å². The van der Waals surface area contributed by atoms with E-state index in [2.05, 4.69) is 9.80 Å². The topological polar surface area (TPSA) is 41.7 Å². The van der Waals surface area contributed by atoms with Crippen LogP contribution in [0.1, 0.15) is 6.42 Å². The van der Waals surface area contributed by atoms with Crippen LogP contribution in [0.25, 0.3) is 0 Å². The van der Waals surface area contributed by atoms with Gasteiger partial charge in [-0.3, -0.25) is 4.90 Å². The lowest BCUT2D eigenvalue weighted by molar-refractivity contribution is 0.0885. The molecule has 0 bridgehead atoms. The highest BCUT2D eigenvalue weighted by Crippen LogP contribution is 2.17. The first-order valence-corrected chi connectivity index (χ1v) is 7.18. The lowest BCUT2D eigenvalue weighted by Gasteiger charge is -2.36. The van der Waals surface area contributed by atoms with Gasteiger partial charge in [0.05, 0.1) is 6.10 Å². The first-order valence-electron chi connectivity index (χ1n) is 7.18. The van der Waals surface area contributed by atoms with E-state index in [4.69, 9.17) is 10.5 Å². The quantitative estimate of drug-likeness (QED) is 0.854. The van der Waals surface area contributed by atoms with Gasteiger partial charge in [-0.1, -0.05) is 0 Å². The monoisotopic (exact) mass is 281 g/mol. The number of nitrogens with zero attached hydrogens (tertiary/aromatic N) is 2. The van der Waals surface area contributed by atoms with Gasteiger partial charge in [-0.25, -0.2) is 4.39 Å². The number of halogens is 1. The maximum Gasteiger partial charge on any atom is 0.123 e. The molecule has 1 saturated heterocycles. The van der Waals surface area contributed by atoms with Crippen LogP contribution in [-0.2, 0) is 4.74 Å². The van der Waals surface area contributed by atoms with E-state index in [1.165, 1.54) is 12.1 Å². The summed E-state index contributed by atoms with van der Waals surface area (Å²) in [5, 5.41) is 0. The third kappa shape index (κ3) is 4.16. The zero-order valence-electron chi connectivity index (χ0n) is 12.1. The van der Waals surface area contributed by atoms with Crippen molar-refractivity contribution in [2.24, 2.45) is 5.73 Å². The Morgan fingerprint density at radius 2 is 1.85 bits per heavy atom. The number of piperazine rings is 1. The van der Waals surface area contributed by atoms with Gasteiger partial charge in [0.15, 0.2) is 0 Å². The van der Waals surface area contributed by atoms with Crippen molar-refractivity contribution in [3.8, 4) is 0 Å². The molecule has 0 aliphatic carbocycles. The lowest BCUT2D eigenvalue weighted by atomic mass is 10.2. The minimum atomic E-state index is -0.181. The number of hydrogen-bond donors (Lipinski definition) is 1.